The highest BCUT2D eigenvalue weighted by molar-refractivity contribution is 5.72. The zero-order chi connectivity index (χ0) is 22.5. The lowest BCUT2D eigenvalue weighted by atomic mass is 9.96. The van der Waals surface area contributed by atoms with Crippen LogP contribution in [0.3, 0.4) is 0 Å². The number of methoxy groups -OCH3 is 1. The second-order valence-corrected chi connectivity index (χ2v) is 7.95. The fraction of sp³-hybridized carbons (Fsp3) is 0.320. The Morgan fingerprint density at radius 3 is 2.06 bits per heavy atom. The number of H-pyrrole nitrogens is 1. The van der Waals surface area contributed by atoms with Crippen LogP contribution in [0.2, 0.25) is 0 Å². The summed E-state index contributed by atoms with van der Waals surface area (Å²) in [6.07, 6.45) is -0.0748. The van der Waals surface area contributed by atoms with Gasteiger partial charge in [-0.3, -0.25) is 19.5 Å². The second kappa shape index (κ2) is 9.78. The Labute approximate surface area is 187 Å². The molecule has 0 amide bonds. The van der Waals surface area contributed by atoms with E-state index < -0.39 is 5.97 Å². The number of piperazine rings is 1. The van der Waals surface area contributed by atoms with Crippen LogP contribution in [-0.2, 0) is 16.0 Å². The number of carbonyl (C=O) groups excluding carboxylic acids is 1. The first-order chi connectivity index (χ1) is 15.6. The maximum absolute atomic E-state index is 12.6. The molecule has 7 heteroatoms. The molecule has 7 nitrogen and oxygen atoms in total. The molecule has 1 N–H and O–H groups in total. The number of hydrogen-bond acceptors (Lipinski definition) is 6. The number of benzene rings is 2. The molecule has 166 valence electrons. The van der Waals surface area contributed by atoms with Gasteiger partial charge < -0.3 is 9.64 Å². The average molecular weight is 433 g/mol. The number of esters is 1. The molecule has 0 aliphatic carbocycles. The maximum atomic E-state index is 12.6. The number of hydrogen-bond donors (Lipinski definition) is 1. The van der Waals surface area contributed by atoms with Gasteiger partial charge in [-0.25, -0.2) is 4.98 Å². The third-order valence-corrected chi connectivity index (χ3v) is 5.97. The number of rotatable bonds is 6. The summed E-state index contributed by atoms with van der Waals surface area (Å²) in [4.78, 5) is 36.1. The molecular formula is C25H28N4O3. The van der Waals surface area contributed by atoms with E-state index in [9.17, 15) is 9.59 Å². The molecule has 32 heavy (non-hydrogen) atoms. The first-order valence-electron chi connectivity index (χ1n) is 10.8. The molecule has 1 aliphatic heterocycles. The highest BCUT2D eigenvalue weighted by Gasteiger charge is 2.27. The summed E-state index contributed by atoms with van der Waals surface area (Å²) >= 11 is 0. The topological polar surface area (TPSA) is 78.5 Å². The van der Waals surface area contributed by atoms with Crippen LogP contribution in [0.15, 0.2) is 65.5 Å². The summed E-state index contributed by atoms with van der Waals surface area (Å²) in [5.41, 5.74) is 3.16. The summed E-state index contributed by atoms with van der Waals surface area (Å²) in [5, 5.41) is 0. The van der Waals surface area contributed by atoms with E-state index in [2.05, 4.69) is 73.0 Å². The molecular weight excluding hydrogens is 404 g/mol. The van der Waals surface area contributed by atoms with Gasteiger partial charge in [0, 0.05) is 31.7 Å². The van der Waals surface area contributed by atoms with Crippen molar-refractivity contribution in [3.63, 3.8) is 0 Å². The Morgan fingerprint density at radius 2 is 1.56 bits per heavy atom. The lowest BCUT2D eigenvalue weighted by molar-refractivity contribution is -0.139. The van der Waals surface area contributed by atoms with Gasteiger partial charge in [-0.1, -0.05) is 60.7 Å². The van der Waals surface area contributed by atoms with Crippen molar-refractivity contribution in [3.05, 3.63) is 93.4 Å². The van der Waals surface area contributed by atoms with E-state index in [1.165, 1.54) is 18.2 Å². The Kier molecular flexibility index (Phi) is 6.66. The molecule has 4 rings (SSSR count). The number of aromatic nitrogens is 2. The smallest absolute Gasteiger partial charge is 0.310 e. The zero-order valence-electron chi connectivity index (χ0n) is 18.5. The van der Waals surface area contributed by atoms with Crippen LogP contribution >= 0.6 is 0 Å². The van der Waals surface area contributed by atoms with Crippen molar-refractivity contribution in [2.75, 3.05) is 38.2 Å². The fourth-order valence-electron chi connectivity index (χ4n) is 4.25. The SMILES string of the molecule is COC(=O)Cc1c(C)nc(N2CCN(C(c3ccccc3)c3ccccc3)CC2)[nH]c1=O. The summed E-state index contributed by atoms with van der Waals surface area (Å²) in [6.45, 7) is 4.92. The van der Waals surface area contributed by atoms with Gasteiger partial charge in [0.1, 0.15) is 0 Å². The van der Waals surface area contributed by atoms with E-state index >= 15 is 0 Å². The van der Waals surface area contributed by atoms with E-state index in [-0.39, 0.29) is 18.0 Å². The number of nitrogens with zero attached hydrogens (tertiary/aromatic N) is 3. The van der Waals surface area contributed by atoms with Crippen LogP contribution in [-0.4, -0.2) is 54.1 Å². The molecule has 0 atom stereocenters. The van der Waals surface area contributed by atoms with Crippen molar-refractivity contribution in [2.45, 2.75) is 19.4 Å². The van der Waals surface area contributed by atoms with Gasteiger partial charge >= 0.3 is 5.97 Å². The van der Waals surface area contributed by atoms with Gasteiger partial charge in [0.2, 0.25) is 5.95 Å². The monoisotopic (exact) mass is 432 g/mol. The van der Waals surface area contributed by atoms with Gasteiger partial charge in [0.05, 0.1) is 25.3 Å². The first kappa shape index (κ1) is 21.8. The summed E-state index contributed by atoms with van der Waals surface area (Å²) in [6, 6.07) is 21.3. The number of anilines is 1. The highest BCUT2D eigenvalue weighted by atomic mass is 16.5. The molecule has 1 aromatic heterocycles. The predicted molar refractivity (Wildman–Crippen MR) is 124 cm³/mol. The zero-order valence-corrected chi connectivity index (χ0v) is 18.5. The maximum Gasteiger partial charge on any atom is 0.310 e. The molecule has 0 unspecified atom stereocenters. The average Bonchev–Trinajstić information content (AvgIpc) is 2.83. The van der Waals surface area contributed by atoms with Crippen LogP contribution in [0.25, 0.3) is 0 Å². The minimum absolute atomic E-state index is 0.0748. The van der Waals surface area contributed by atoms with Gasteiger partial charge in [-0.05, 0) is 18.1 Å². The van der Waals surface area contributed by atoms with Crippen molar-refractivity contribution in [1.29, 1.82) is 0 Å². The summed E-state index contributed by atoms with van der Waals surface area (Å²) < 4.78 is 4.68. The lowest BCUT2D eigenvalue weighted by Crippen LogP contribution is -2.49. The predicted octanol–water partition coefficient (Wildman–Crippen LogP) is 2.71. The molecule has 1 aliphatic rings. The molecule has 3 aromatic rings. The lowest BCUT2D eigenvalue weighted by Gasteiger charge is -2.40. The minimum atomic E-state index is -0.449. The largest absolute Gasteiger partial charge is 0.469 e. The molecule has 2 aromatic carbocycles. The van der Waals surface area contributed by atoms with Crippen molar-refractivity contribution in [2.24, 2.45) is 0 Å². The molecule has 0 bridgehead atoms. The second-order valence-electron chi connectivity index (χ2n) is 7.95. The quantitative estimate of drug-likeness (QED) is 0.604. The number of ether oxygens (including phenoxy) is 1. The van der Waals surface area contributed by atoms with E-state index in [0.29, 0.717) is 17.2 Å². The number of carbonyl (C=O) groups is 1. The van der Waals surface area contributed by atoms with Crippen molar-refractivity contribution >= 4 is 11.9 Å². The Bertz CT molecular complexity index is 1070. The summed E-state index contributed by atoms with van der Waals surface area (Å²) in [7, 11) is 1.31. The van der Waals surface area contributed by atoms with E-state index in [1.54, 1.807) is 6.92 Å². The molecule has 0 radical (unpaired) electrons. The Morgan fingerprint density at radius 1 is 1.00 bits per heavy atom. The van der Waals surface area contributed by atoms with Gasteiger partial charge in [0.25, 0.3) is 5.56 Å². The van der Waals surface area contributed by atoms with Crippen LogP contribution in [0, 0.1) is 6.92 Å². The van der Waals surface area contributed by atoms with Crippen LogP contribution < -0.4 is 10.5 Å². The van der Waals surface area contributed by atoms with Crippen LogP contribution in [0.4, 0.5) is 5.95 Å². The van der Waals surface area contributed by atoms with E-state index in [0.717, 1.165) is 26.2 Å². The van der Waals surface area contributed by atoms with Crippen molar-refractivity contribution < 1.29 is 9.53 Å². The third kappa shape index (κ3) is 4.73. The molecule has 1 saturated heterocycles. The number of aryl methyl sites for hydroxylation is 1. The number of nitrogens with one attached hydrogen (secondary N) is 1. The fourth-order valence-corrected chi connectivity index (χ4v) is 4.25. The van der Waals surface area contributed by atoms with Crippen molar-refractivity contribution in [1.82, 2.24) is 14.9 Å². The standard InChI is InChI=1S/C25H28N4O3/c1-18-21(17-22(30)32-2)24(31)27-25(26-18)29-15-13-28(14-16-29)23(19-9-5-3-6-10-19)20-11-7-4-8-12-20/h3-12,23H,13-17H2,1-2H3,(H,26,27,31). The first-order valence-corrected chi connectivity index (χ1v) is 10.8. The number of aromatic amines is 1. The highest BCUT2D eigenvalue weighted by Crippen LogP contribution is 2.29. The molecule has 2 heterocycles. The van der Waals surface area contributed by atoms with Crippen LogP contribution in [0.5, 0.6) is 0 Å². The molecule has 0 spiro atoms. The summed E-state index contributed by atoms with van der Waals surface area (Å²) in [5.74, 6) is 0.103. The Balaban J connectivity index is 1.52. The van der Waals surface area contributed by atoms with Gasteiger partial charge in [-0.2, -0.15) is 0 Å². The third-order valence-electron chi connectivity index (χ3n) is 5.97. The van der Waals surface area contributed by atoms with Crippen molar-refractivity contribution in [3.8, 4) is 0 Å². The normalized spacial score (nSPS) is 14.5. The molecule has 1 fully saturated rings. The Hall–Kier alpha value is -3.45. The van der Waals surface area contributed by atoms with Crippen LogP contribution in [0.1, 0.15) is 28.4 Å². The molecule has 0 saturated carbocycles. The van der Waals surface area contributed by atoms with Gasteiger partial charge in [0.15, 0.2) is 0 Å². The minimum Gasteiger partial charge on any atom is -0.469 e. The van der Waals surface area contributed by atoms with Gasteiger partial charge in [-0.15, -0.1) is 0 Å². The van der Waals surface area contributed by atoms with E-state index in [4.69, 9.17) is 0 Å². The van der Waals surface area contributed by atoms with E-state index in [1.807, 2.05) is 12.1 Å².